The number of rotatable bonds is 2. The van der Waals surface area contributed by atoms with Gasteiger partial charge in [-0.15, -0.1) is 0 Å². The zero-order valence-electron chi connectivity index (χ0n) is 12.2. The van der Waals surface area contributed by atoms with Gasteiger partial charge in [-0.25, -0.2) is 0 Å². The summed E-state index contributed by atoms with van der Waals surface area (Å²) in [6.45, 7) is 0. The van der Waals surface area contributed by atoms with Crippen molar-refractivity contribution < 1.29 is 9.59 Å². The summed E-state index contributed by atoms with van der Waals surface area (Å²) in [4.78, 5) is 24.3. The molecular formula is C18H18N2O2. The quantitative estimate of drug-likeness (QED) is 0.836. The lowest BCUT2D eigenvalue weighted by molar-refractivity contribution is -0.123. The summed E-state index contributed by atoms with van der Waals surface area (Å²) in [6, 6.07) is 16.8. The molecule has 0 saturated carbocycles. The highest BCUT2D eigenvalue weighted by Gasteiger charge is 2.26. The molecule has 1 aliphatic carbocycles. The van der Waals surface area contributed by atoms with Gasteiger partial charge in [0.15, 0.2) is 0 Å². The lowest BCUT2D eigenvalue weighted by Gasteiger charge is -2.24. The predicted octanol–water partition coefficient (Wildman–Crippen LogP) is 2.57. The van der Waals surface area contributed by atoms with Gasteiger partial charge >= 0.3 is 0 Å². The van der Waals surface area contributed by atoms with Crippen LogP contribution in [0.4, 0.5) is 0 Å². The zero-order valence-corrected chi connectivity index (χ0v) is 12.2. The highest BCUT2D eigenvalue weighted by molar-refractivity contribution is 5.96. The second kappa shape index (κ2) is 6.43. The Bertz CT molecular complexity index is 682. The zero-order chi connectivity index (χ0) is 15.4. The van der Waals surface area contributed by atoms with Gasteiger partial charge in [0.2, 0.25) is 5.91 Å². The van der Waals surface area contributed by atoms with Crippen LogP contribution in [0, 0.1) is 0 Å². The molecule has 1 atom stereocenters. The average Bonchev–Trinajstić information content (AvgIpc) is 2.59. The summed E-state index contributed by atoms with van der Waals surface area (Å²) in [5.41, 5.74) is 7.86. The van der Waals surface area contributed by atoms with Gasteiger partial charge in [-0.2, -0.15) is 0 Å². The van der Waals surface area contributed by atoms with Crippen LogP contribution >= 0.6 is 0 Å². The normalized spacial score (nSPS) is 16.5. The molecule has 112 valence electrons. The maximum atomic E-state index is 12.4. The minimum atomic E-state index is -0.307. The molecular weight excluding hydrogens is 276 g/mol. The Balaban J connectivity index is 1.65. The van der Waals surface area contributed by atoms with E-state index in [4.69, 9.17) is 0 Å². The fraction of sp³-hybridized carbons (Fsp3) is 0.222. The van der Waals surface area contributed by atoms with Gasteiger partial charge in [0.1, 0.15) is 0 Å². The Morgan fingerprint density at radius 2 is 1.64 bits per heavy atom. The molecule has 0 heterocycles. The van der Waals surface area contributed by atoms with Crippen LogP contribution in [-0.4, -0.2) is 11.8 Å². The SMILES string of the molecule is O=C(NNC(=O)C1CCCc2ccccc21)c1ccccc1. The fourth-order valence-electron chi connectivity index (χ4n) is 2.89. The van der Waals surface area contributed by atoms with Crippen LogP contribution in [0.1, 0.15) is 40.2 Å². The van der Waals surface area contributed by atoms with Crippen LogP contribution in [-0.2, 0) is 11.2 Å². The number of amides is 2. The van der Waals surface area contributed by atoms with E-state index in [-0.39, 0.29) is 17.7 Å². The number of hydrogen-bond acceptors (Lipinski definition) is 2. The molecule has 0 spiro atoms. The molecule has 0 fully saturated rings. The van der Waals surface area contributed by atoms with Crippen molar-refractivity contribution in [3.63, 3.8) is 0 Å². The van der Waals surface area contributed by atoms with Crippen LogP contribution < -0.4 is 10.9 Å². The maximum Gasteiger partial charge on any atom is 0.269 e. The van der Waals surface area contributed by atoms with Crippen LogP contribution in [0.2, 0.25) is 0 Å². The van der Waals surface area contributed by atoms with E-state index in [1.165, 1.54) is 5.56 Å². The highest BCUT2D eigenvalue weighted by Crippen LogP contribution is 2.31. The first kappa shape index (κ1) is 14.3. The molecule has 2 N–H and O–H groups in total. The summed E-state index contributed by atoms with van der Waals surface area (Å²) < 4.78 is 0. The second-order valence-corrected chi connectivity index (χ2v) is 5.45. The van der Waals surface area contributed by atoms with Gasteiger partial charge in [-0.05, 0) is 42.5 Å². The van der Waals surface area contributed by atoms with E-state index in [1.807, 2.05) is 24.3 Å². The molecule has 4 heteroatoms. The predicted molar refractivity (Wildman–Crippen MR) is 84.2 cm³/mol. The van der Waals surface area contributed by atoms with Crippen molar-refractivity contribution in [2.75, 3.05) is 0 Å². The van der Waals surface area contributed by atoms with Crippen LogP contribution in [0.3, 0.4) is 0 Å². The monoisotopic (exact) mass is 294 g/mol. The van der Waals surface area contributed by atoms with E-state index in [2.05, 4.69) is 16.9 Å². The smallest absolute Gasteiger partial charge is 0.269 e. The van der Waals surface area contributed by atoms with Gasteiger partial charge in [-0.1, -0.05) is 42.5 Å². The molecule has 0 aliphatic heterocycles. The number of nitrogens with one attached hydrogen (secondary N) is 2. The van der Waals surface area contributed by atoms with Crippen molar-refractivity contribution >= 4 is 11.8 Å². The van der Waals surface area contributed by atoms with E-state index < -0.39 is 0 Å². The second-order valence-electron chi connectivity index (χ2n) is 5.45. The first-order chi connectivity index (χ1) is 10.8. The van der Waals surface area contributed by atoms with Gasteiger partial charge in [-0.3, -0.25) is 20.4 Å². The minimum Gasteiger partial charge on any atom is -0.273 e. The van der Waals surface area contributed by atoms with Gasteiger partial charge < -0.3 is 0 Å². The molecule has 2 aromatic carbocycles. The number of carbonyl (C=O) groups excluding carboxylic acids is 2. The van der Waals surface area contributed by atoms with Gasteiger partial charge in [0, 0.05) is 5.56 Å². The first-order valence-electron chi connectivity index (χ1n) is 7.49. The Hall–Kier alpha value is -2.62. The summed E-state index contributed by atoms with van der Waals surface area (Å²) >= 11 is 0. The average molecular weight is 294 g/mol. The number of carbonyl (C=O) groups is 2. The Labute approximate surface area is 129 Å². The van der Waals surface area contributed by atoms with Crippen LogP contribution in [0.15, 0.2) is 54.6 Å². The molecule has 0 bridgehead atoms. The molecule has 22 heavy (non-hydrogen) atoms. The largest absolute Gasteiger partial charge is 0.273 e. The number of benzene rings is 2. The Kier molecular flexibility index (Phi) is 4.19. The highest BCUT2D eigenvalue weighted by atomic mass is 16.2. The van der Waals surface area contributed by atoms with E-state index in [1.54, 1.807) is 24.3 Å². The molecule has 2 amide bonds. The van der Waals surface area contributed by atoms with Crippen LogP contribution in [0.5, 0.6) is 0 Å². The number of hydrazine groups is 1. The summed E-state index contributed by atoms with van der Waals surface area (Å²) in [6.07, 6.45) is 2.81. The molecule has 4 nitrogen and oxygen atoms in total. The molecule has 3 rings (SSSR count). The van der Waals surface area contributed by atoms with Crippen molar-refractivity contribution in [2.24, 2.45) is 0 Å². The molecule has 1 unspecified atom stereocenters. The summed E-state index contributed by atoms with van der Waals surface area (Å²) in [5, 5.41) is 0. The Morgan fingerprint density at radius 1 is 0.909 bits per heavy atom. The van der Waals surface area contributed by atoms with Crippen molar-refractivity contribution in [3.05, 3.63) is 71.3 Å². The van der Waals surface area contributed by atoms with Crippen molar-refractivity contribution in [3.8, 4) is 0 Å². The molecule has 0 radical (unpaired) electrons. The van der Waals surface area contributed by atoms with E-state index in [9.17, 15) is 9.59 Å². The number of fused-ring (bicyclic) bond motifs is 1. The number of aryl methyl sites for hydroxylation is 1. The molecule has 0 saturated heterocycles. The molecule has 2 aromatic rings. The summed E-state index contributed by atoms with van der Waals surface area (Å²) in [7, 11) is 0. The third-order valence-electron chi connectivity index (χ3n) is 4.02. The number of hydrogen-bond donors (Lipinski definition) is 2. The molecule has 0 aromatic heterocycles. The summed E-state index contributed by atoms with van der Waals surface area (Å²) in [5.74, 6) is -0.657. The lowest BCUT2D eigenvalue weighted by Crippen LogP contribution is -2.44. The van der Waals surface area contributed by atoms with Crippen molar-refractivity contribution in [1.29, 1.82) is 0 Å². The van der Waals surface area contributed by atoms with E-state index in [0.29, 0.717) is 5.56 Å². The Morgan fingerprint density at radius 3 is 2.45 bits per heavy atom. The maximum absolute atomic E-state index is 12.4. The van der Waals surface area contributed by atoms with Gasteiger partial charge in [0.05, 0.1) is 5.92 Å². The van der Waals surface area contributed by atoms with Crippen molar-refractivity contribution in [2.45, 2.75) is 25.2 Å². The minimum absolute atomic E-state index is 0.156. The third-order valence-corrected chi connectivity index (χ3v) is 4.02. The van der Waals surface area contributed by atoms with Crippen LogP contribution in [0.25, 0.3) is 0 Å². The molecule has 1 aliphatic rings. The van der Waals surface area contributed by atoms with E-state index in [0.717, 1.165) is 24.8 Å². The fourth-order valence-corrected chi connectivity index (χ4v) is 2.89. The topological polar surface area (TPSA) is 58.2 Å². The van der Waals surface area contributed by atoms with Gasteiger partial charge in [0.25, 0.3) is 5.91 Å². The first-order valence-corrected chi connectivity index (χ1v) is 7.49. The van der Waals surface area contributed by atoms with E-state index >= 15 is 0 Å². The lowest BCUT2D eigenvalue weighted by atomic mass is 9.82. The third kappa shape index (κ3) is 3.01. The van der Waals surface area contributed by atoms with Crippen molar-refractivity contribution in [1.82, 2.24) is 10.9 Å². The standard InChI is InChI=1S/C18H18N2O2/c21-17(14-8-2-1-3-9-14)19-20-18(22)16-12-6-10-13-7-4-5-11-15(13)16/h1-5,7-9,11,16H,6,10,12H2,(H,19,21)(H,20,22).